The highest BCUT2D eigenvalue weighted by molar-refractivity contribution is 5.68. The maximum Gasteiger partial charge on any atom is 0.295 e. The van der Waals surface area contributed by atoms with E-state index >= 15 is 0 Å². The Morgan fingerprint density at radius 1 is 1.58 bits per heavy atom. The monoisotopic (exact) mass is 339 g/mol. The first-order valence-electron chi connectivity index (χ1n) is 7.05. The van der Waals surface area contributed by atoms with Crippen LogP contribution in [0.4, 0.5) is 21.5 Å². The highest BCUT2D eigenvalue weighted by Gasteiger charge is 2.16. The fraction of sp³-hybridized carbons (Fsp3) is 0.357. The van der Waals surface area contributed by atoms with Crippen LogP contribution in [0.1, 0.15) is 0 Å². The predicted molar refractivity (Wildman–Crippen MR) is 84.2 cm³/mol. The van der Waals surface area contributed by atoms with E-state index < -0.39 is 16.8 Å². The number of anilines is 2. The van der Waals surface area contributed by atoms with E-state index in [4.69, 9.17) is 4.84 Å². The van der Waals surface area contributed by atoms with Crippen molar-refractivity contribution in [3.63, 3.8) is 0 Å². The number of nitro groups is 1. The molecule has 2 rings (SSSR count). The molecule has 1 aromatic carbocycles. The van der Waals surface area contributed by atoms with Gasteiger partial charge in [0, 0.05) is 13.2 Å². The Morgan fingerprint density at radius 2 is 2.33 bits per heavy atom. The number of hydroxylamine groups is 2. The largest absolute Gasteiger partial charge is 0.390 e. The lowest BCUT2D eigenvalue weighted by Crippen LogP contribution is -2.31. The molecule has 0 bridgehead atoms. The fourth-order valence-electron chi connectivity index (χ4n) is 2.09. The van der Waals surface area contributed by atoms with Gasteiger partial charge in [-0.25, -0.2) is 4.39 Å². The molecule has 0 amide bonds. The summed E-state index contributed by atoms with van der Waals surface area (Å²) in [5, 5.41) is 29.3. The van der Waals surface area contributed by atoms with E-state index in [1.165, 1.54) is 29.1 Å². The van der Waals surface area contributed by atoms with E-state index in [0.717, 1.165) is 12.1 Å². The van der Waals surface area contributed by atoms with E-state index in [0.29, 0.717) is 12.2 Å². The average molecular weight is 339 g/mol. The number of benzene rings is 1. The maximum absolute atomic E-state index is 13.1. The molecule has 10 heteroatoms. The standard InChI is InChI=1S/C14H18FN5O4/c1-18(24-2)8-12(21)9-19-7-11(6-16-19)17-13-4-3-10(15)5-14(13)20(22)23/h3-7,12,17,21H,8-9H2,1-2H3/t12-/m0/s1. The minimum Gasteiger partial charge on any atom is -0.390 e. The lowest BCUT2D eigenvalue weighted by atomic mass is 10.2. The summed E-state index contributed by atoms with van der Waals surface area (Å²) < 4.78 is 14.6. The van der Waals surface area contributed by atoms with Gasteiger partial charge in [-0.15, -0.1) is 0 Å². The molecule has 0 aliphatic carbocycles. The number of hydrogen-bond donors (Lipinski definition) is 2. The van der Waals surface area contributed by atoms with E-state index in [9.17, 15) is 19.6 Å². The topological polar surface area (TPSA) is 106 Å². The van der Waals surface area contributed by atoms with Gasteiger partial charge in [0.2, 0.25) is 0 Å². The molecule has 0 radical (unpaired) electrons. The Morgan fingerprint density at radius 3 is 3.00 bits per heavy atom. The minimum atomic E-state index is -0.706. The third-order valence-corrected chi connectivity index (χ3v) is 3.25. The second-order valence-corrected chi connectivity index (χ2v) is 5.14. The van der Waals surface area contributed by atoms with Crippen LogP contribution in [-0.4, -0.2) is 51.7 Å². The van der Waals surface area contributed by atoms with Crippen molar-refractivity contribution in [2.75, 3.05) is 26.0 Å². The van der Waals surface area contributed by atoms with Gasteiger partial charge in [0.1, 0.15) is 11.5 Å². The lowest BCUT2D eigenvalue weighted by molar-refractivity contribution is -0.384. The third-order valence-electron chi connectivity index (χ3n) is 3.25. The van der Waals surface area contributed by atoms with Crippen molar-refractivity contribution in [3.8, 4) is 0 Å². The van der Waals surface area contributed by atoms with Crippen LogP contribution in [0.15, 0.2) is 30.6 Å². The molecule has 1 atom stereocenters. The number of nitro benzene ring substituents is 1. The zero-order valence-electron chi connectivity index (χ0n) is 13.2. The zero-order valence-corrected chi connectivity index (χ0v) is 13.2. The second-order valence-electron chi connectivity index (χ2n) is 5.14. The summed E-state index contributed by atoms with van der Waals surface area (Å²) in [5.74, 6) is -0.687. The van der Waals surface area contributed by atoms with Gasteiger partial charge in [-0.05, 0) is 12.1 Å². The Bertz CT molecular complexity index is 708. The minimum absolute atomic E-state index is 0.153. The first kappa shape index (κ1) is 17.8. The zero-order chi connectivity index (χ0) is 17.7. The normalized spacial score (nSPS) is 12.4. The van der Waals surface area contributed by atoms with E-state index in [1.54, 1.807) is 13.2 Å². The first-order chi connectivity index (χ1) is 11.4. The molecule has 130 valence electrons. The van der Waals surface area contributed by atoms with Crippen molar-refractivity contribution in [1.82, 2.24) is 14.8 Å². The van der Waals surface area contributed by atoms with E-state index in [2.05, 4.69) is 10.4 Å². The van der Waals surface area contributed by atoms with Gasteiger partial charge in [-0.2, -0.15) is 10.2 Å². The smallest absolute Gasteiger partial charge is 0.295 e. The predicted octanol–water partition coefficient (Wildman–Crippen LogP) is 1.53. The molecular formula is C14H18FN5O4. The van der Waals surface area contributed by atoms with Crippen molar-refractivity contribution in [2.24, 2.45) is 0 Å². The highest BCUT2D eigenvalue weighted by atomic mass is 19.1. The van der Waals surface area contributed by atoms with Crippen molar-refractivity contribution in [2.45, 2.75) is 12.6 Å². The summed E-state index contributed by atoms with van der Waals surface area (Å²) >= 11 is 0. The van der Waals surface area contributed by atoms with Crippen molar-refractivity contribution >= 4 is 17.1 Å². The maximum atomic E-state index is 13.1. The van der Waals surface area contributed by atoms with Crippen molar-refractivity contribution < 1.29 is 19.3 Å². The summed E-state index contributed by atoms with van der Waals surface area (Å²) in [6, 6.07) is 3.26. The van der Waals surface area contributed by atoms with Gasteiger partial charge in [0.25, 0.3) is 5.69 Å². The number of rotatable bonds is 8. The van der Waals surface area contributed by atoms with E-state index in [-0.39, 0.29) is 17.9 Å². The molecule has 2 N–H and O–H groups in total. The Hall–Kier alpha value is -2.56. The van der Waals surface area contributed by atoms with Crippen LogP contribution in [0.5, 0.6) is 0 Å². The quantitative estimate of drug-likeness (QED) is 0.555. The van der Waals surface area contributed by atoms with Gasteiger partial charge in [-0.3, -0.25) is 14.8 Å². The van der Waals surface area contributed by atoms with Gasteiger partial charge >= 0.3 is 0 Å². The van der Waals surface area contributed by atoms with Crippen molar-refractivity contribution in [3.05, 3.63) is 46.5 Å². The van der Waals surface area contributed by atoms with Gasteiger partial charge < -0.3 is 15.3 Å². The van der Waals surface area contributed by atoms with Crippen LogP contribution in [0, 0.1) is 15.9 Å². The van der Waals surface area contributed by atoms with E-state index in [1.807, 2.05) is 0 Å². The molecule has 0 saturated carbocycles. The number of aliphatic hydroxyl groups excluding tert-OH is 1. The van der Waals surface area contributed by atoms with Crippen LogP contribution < -0.4 is 5.32 Å². The molecule has 9 nitrogen and oxygen atoms in total. The van der Waals surface area contributed by atoms with Crippen LogP contribution in [0.3, 0.4) is 0 Å². The molecule has 1 aromatic heterocycles. The summed E-state index contributed by atoms with van der Waals surface area (Å²) in [4.78, 5) is 15.2. The number of hydrogen-bond acceptors (Lipinski definition) is 7. The fourth-order valence-corrected chi connectivity index (χ4v) is 2.09. The van der Waals surface area contributed by atoms with Crippen LogP contribution in [-0.2, 0) is 11.4 Å². The summed E-state index contributed by atoms with van der Waals surface area (Å²) in [7, 11) is 3.19. The van der Waals surface area contributed by atoms with Crippen LogP contribution in [0.2, 0.25) is 0 Å². The molecule has 0 aliphatic rings. The number of nitrogens with one attached hydrogen (secondary N) is 1. The summed E-state index contributed by atoms with van der Waals surface area (Å²) in [6.45, 7) is 0.517. The van der Waals surface area contributed by atoms with Crippen molar-refractivity contribution in [1.29, 1.82) is 0 Å². The molecular weight excluding hydrogens is 321 g/mol. The molecule has 0 fully saturated rings. The highest BCUT2D eigenvalue weighted by Crippen LogP contribution is 2.28. The molecule has 0 spiro atoms. The number of nitrogens with zero attached hydrogens (tertiary/aromatic N) is 4. The average Bonchev–Trinajstić information content (AvgIpc) is 2.95. The molecule has 1 heterocycles. The van der Waals surface area contributed by atoms with Crippen LogP contribution in [0.25, 0.3) is 0 Å². The number of likely N-dealkylation sites (N-methyl/N-ethyl adjacent to an activating group) is 1. The van der Waals surface area contributed by atoms with Crippen LogP contribution >= 0.6 is 0 Å². The Labute approximate surface area is 137 Å². The second kappa shape index (κ2) is 7.81. The summed E-state index contributed by atoms with van der Waals surface area (Å²) in [5.41, 5.74) is 0.266. The Balaban J connectivity index is 2.05. The number of halogens is 1. The number of aromatic nitrogens is 2. The first-order valence-corrected chi connectivity index (χ1v) is 7.05. The SMILES string of the molecule is CON(C)C[C@H](O)Cn1cc(Nc2ccc(F)cc2[N+](=O)[O-])cn1. The molecule has 2 aromatic rings. The Kier molecular flexibility index (Phi) is 5.79. The molecule has 24 heavy (non-hydrogen) atoms. The molecule has 0 aliphatic heterocycles. The molecule has 0 saturated heterocycles. The third kappa shape index (κ3) is 4.72. The molecule has 0 unspecified atom stereocenters. The summed E-state index contributed by atoms with van der Waals surface area (Å²) in [6.07, 6.45) is 2.34. The number of aliphatic hydroxyl groups is 1. The van der Waals surface area contributed by atoms with Gasteiger partial charge in [0.05, 0.1) is 49.2 Å². The lowest BCUT2D eigenvalue weighted by Gasteiger charge is -2.17. The van der Waals surface area contributed by atoms with Gasteiger partial charge in [0.15, 0.2) is 0 Å². The van der Waals surface area contributed by atoms with Gasteiger partial charge in [-0.1, -0.05) is 0 Å².